The van der Waals surface area contributed by atoms with E-state index in [0.717, 1.165) is 36.4 Å². The van der Waals surface area contributed by atoms with Gasteiger partial charge in [0.15, 0.2) is 5.82 Å². The van der Waals surface area contributed by atoms with Crippen molar-refractivity contribution in [2.75, 3.05) is 31.1 Å². The summed E-state index contributed by atoms with van der Waals surface area (Å²) in [5.41, 5.74) is 2.77. The molecule has 0 aliphatic carbocycles. The van der Waals surface area contributed by atoms with Gasteiger partial charge in [0.25, 0.3) is 0 Å². The van der Waals surface area contributed by atoms with E-state index in [1.54, 1.807) is 24.4 Å². The number of aromatic amines is 1. The van der Waals surface area contributed by atoms with Gasteiger partial charge in [-0.1, -0.05) is 6.07 Å². The summed E-state index contributed by atoms with van der Waals surface area (Å²) in [6, 6.07) is 14.8. The summed E-state index contributed by atoms with van der Waals surface area (Å²) in [6.45, 7) is 2.85. The van der Waals surface area contributed by atoms with Crippen LogP contribution in [0.15, 0.2) is 67.0 Å². The Bertz CT molecular complexity index is 1300. The minimum Gasteiger partial charge on any atom is -0.353 e. The first-order chi connectivity index (χ1) is 17.6. The maximum atomic E-state index is 13.5. The first-order valence-electron chi connectivity index (χ1n) is 12.0. The monoisotopic (exact) mass is 488 g/mol. The summed E-state index contributed by atoms with van der Waals surface area (Å²) < 4.78 is 26.8. The normalized spacial score (nSPS) is 13.7. The summed E-state index contributed by atoms with van der Waals surface area (Å²) >= 11 is 0. The third kappa shape index (κ3) is 5.40. The standard InChI is InChI=1S/C27H26F2N6O/c28-20-9-7-19(8-10-20)26-22(32-27(33-26)23-12-11-21(29)18-31-23)4-3-6-25(36)35-16-14-34(15-17-35)24-5-1-2-13-30-24/h1-2,5,7-13,18H,3-4,6,14-17H2,(H,32,33). The fourth-order valence-corrected chi connectivity index (χ4v) is 4.37. The Morgan fingerprint density at radius 3 is 2.39 bits per heavy atom. The van der Waals surface area contributed by atoms with Crippen molar-refractivity contribution in [3.05, 3.63) is 84.3 Å². The van der Waals surface area contributed by atoms with Crippen LogP contribution in [0.1, 0.15) is 18.5 Å². The van der Waals surface area contributed by atoms with Crippen LogP contribution in [-0.4, -0.2) is 56.9 Å². The Labute approximate surface area is 207 Å². The molecule has 0 radical (unpaired) electrons. The molecule has 1 aromatic carbocycles. The molecule has 36 heavy (non-hydrogen) atoms. The van der Waals surface area contributed by atoms with E-state index in [1.807, 2.05) is 23.1 Å². The van der Waals surface area contributed by atoms with E-state index < -0.39 is 5.82 Å². The molecule has 5 rings (SSSR count). The lowest BCUT2D eigenvalue weighted by Gasteiger charge is -2.35. The number of nitrogens with zero attached hydrogens (tertiary/aromatic N) is 5. The molecule has 0 bridgehead atoms. The number of imidazole rings is 1. The Morgan fingerprint density at radius 2 is 1.69 bits per heavy atom. The predicted molar refractivity (Wildman–Crippen MR) is 133 cm³/mol. The second kappa shape index (κ2) is 10.6. The molecule has 9 heteroatoms. The van der Waals surface area contributed by atoms with Gasteiger partial charge in [-0.3, -0.25) is 4.79 Å². The molecular weight excluding hydrogens is 462 g/mol. The number of aromatic nitrogens is 4. The molecule has 3 aromatic heterocycles. The van der Waals surface area contributed by atoms with E-state index in [9.17, 15) is 13.6 Å². The molecule has 1 saturated heterocycles. The van der Waals surface area contributed by atoms with Crippen LogP contribution in [-0.2, 0) is 11.2 Å². The number of amides is 1. The van der Waals surface area contributed by atoms with Crippen LogP contribution < -0.4 is 4.90 Å². The Morgan fingerprint density at radius 1 is 0.917 bits per heavy atom. The van der Waals surface area contributed by atoms with Gasteiger partial charge in [-0.25, -0.2) is 23.7 Å². The number of nitrogens with one attached hydrogen (secondary N) is 1. The zero-order chi connectivity index (χ0) is 24.9. The van der Waals surface area contributed by atoms with Crippen molar-refractivity contribution in [2.24, 2.45) is 0 Å². The second-order valence-corrected chi connectivity index (χ2v) is 8.69. The van der Waals surface area contributed by atoms with E-state index in [1.165, 1.54) is 18.2 Å². The number of hydrogen-bond acceptors (Lipinski definition) is 5. The fourth-order valence-electron chi connectivity index (χ4n) is 4.37. The highest BCUT2D eigenvalue weighted by atomic mass is 19.1. The number of benzene rings is 1. The number of anilines is 1. The smallest absolute Gasteiger partial charge is 0.222 e. The minimum atomic E-state index is -0.427. The number of carbonyl (C=O) groups excluding carboxylic acids is 1. The SMILES string of the molecule is O=C(CCCc1[nH]c(-c2ccc(F)cn2)nc1-c1ccc(F)cc1)N1CCN(c2ccccn2)CC1. The van der Waals surface area contributed by atoms with Gasteiger partial charge in [0.2, 0.25) is 5.91 Å². The van der Waals surface area contributed by atoms with Gasteiger partial charge >= 0.3 is 0 Å². The number of halogens is 2. The lowest BCUT2D eigenvalue weighted by molar-refractivity contribution is -0.131. The number of hydrogen-bond donors (Lipinski definition) is 1. The van der Waals surface area contributed by atoms with Crippen LogP contribution in [0.2, 0.25) is 0 Å². The molecule has 0 atom stereocenters. The highest BCUT2D eigenvalue weighted by molar-refractivity contribution is 5.76. The maximum absolute atomic E-state index is 13.5. The highest BCUT2D eigenvalue weighted by Gasteiger charge is 2.22. The van der Waals surface area contributed by atoms with Crippen LogP contribution in [0, 0.1) is 11.6 Å². The molecule has 1 aliphatic heterocycles. The lowest BCUT2D eigenvalue weighted by atomic mass is 10.1. The summed E-state index contributed by atoms with van der Waals surface area (Å²) in [4.78, 5) is 33.4. The molecule has 0 unspecified atom stereocenters. The van der Waals surface area contributed by atoms with Crippen LogP contribution in [0.3, 0.4) is 0 Å². The minimum absolute atomic E-state index is 0.124. The van der Waals surface area contributed by atoms with Gasteiger partial charge < -0.3 is 14.8 Å². The first kappa shape index (κ1) is 23.6. The molecule has 4 aromatic rings. The number of H-pyrrole nitrogens is 1. The molecule has 1 fully saturated rings. The second-order valence-electron chi connectivity index (χ2n) is 8.69. The summed E-state index contributed by atoms with van der Waals surface area (Å²) in [7, 11) is 0. The molecule has 1 N–H and O–H groups in total. The third-order valence-electron chi connectivity index (χ3n) is 6.29. The number of pyridine rings is 2. The number of carbonyl (C=O) groups is 1. The molecule has 0 spiro atoms. The van der Waals surface area contributed by atoms with E-state index in [0.29, 0.717) is 49.6 Å². The number of aryl methyl sites for hydroxylation is 1. The van der Waals surface area contributed by atoms with E-state index in [4.69, 9.17) is 0 Å². The van der Waals surface area contributed by atoms with E-state index in [2.05, 4.69) is 24.8 Å². The van der Waals surface area contributed by atoms with Crippen LogP contribution in [0.25, 0.3) is 22.8 Å². The molecule has 0 saturated carbocycles. The summed E-state index contributed by atoms with van der Waals surface area (Å²) in [5, 5.41) is 0. The average molecular weight is 489 g/mol. The molecule has 7 nitrogen and oxygen atoms in total. The van der Waals surface area contributed by atoms with E-state index >= 15 is 0 Å². The average Bonchev–Trinajstić information content (AvgIpc) is 3.34. The quantitative estimate of drug-likeness (QED) is 0.415. The van der Waals surface area contributed by atoms with Gasteiger partial charge in [-0.05, 0) is 61.4 Å². The number of rotatable bonds is 7. The van der Waals surface area contributed by atoms with Crippen LogP contribution >= 0.6 is 0 Å². The van der Waals surface area contributed by atoms with E-state index in [-0.39, 0.29) is 11.7 Å². The lowest BCUT2D eigenvalue weighted by Crippen LogP contribution is -2.49. The van der Waals surface area contributed by atoms with Gasteiger partial charge in [0.1, 0.15) is 23.1 Å². The van der Waals surface area contributed by atoms with Crippen molar-refractivity contribution in [3.8, 4) is 22.8 Å². The summed E-state index contributed by atoms with van der Waals surface area (Å²) in [5.74, 6) is 0.803. The maximum Gasteiger partial charge on any atom is 0.222 e. The Kier molecular flexibility index (Phi) is 6.97. The van der Waals surface area contributed by atoms with Gasteiger partial charge in [-0.2, -0.15) is 0 Å². The molecule has 1 amide bonds. The van der Waals surface area contributed by atoms with Crippen molar-refractivity contribution in [1.29, 1.82) is 0 Å². The van der Waals surface area contributed by atoms with Gasteiger partial charge in [0.05, 0.1) is 11.9 Å². The first-order valence-corrected chi connectivity index (χ1v) is 12.0. The van der Waals surface area contributed by atoms with Crippen molar-refractivity contribution in [2.45, 2.75) is 19.3 Å². The van der Waals surface area contributed by atoms with Crippen LogP contribution in [0.4, 0.5) is 14.6 Å². The molecule has 1 aliphatic rings. The molecular formula is C27H26F2N6O. The zero-order valence-corrected chi connectivity index (χ0v) is 19.7. The van der Waals surface area contributed by atoms with Crippen molar-refractivity contribution in [3.63, 3.8) is 0 Å². The number of piperazine rings is 1. The van der Waals surface area contributed by atoms with Crippen molar-refractivity contribution >= 4 is 11.7 Å². The zero-order valence-electron chi connectivity index (χ0n) is 19.7. The van der Waals surface area contributed by atoms with Crippen molar-refractivity contribution < 1.29 is 13.6 Å². The Balaban J connectivity index is 1.23. The molecule has 4 heterocycles. The highest BCUT2D eigenvalue weighted by Crippen LogP contribution is 2.27. The predicted octanol–water partition coefficient (Wildman–Crippen LogP) is 4.48. The molecule has 184 valence electrons. The largest absolute Gasteiger partial charge is 0.353 e. The van der Waals surface area contributed by atoms with Crippen LogP contribution in [0.5, 0.6) is 0 Å². The topological polar surface area (TPSA) is 78.0 Å². The van der Waals surface area contributed by atoms with Crippen molar-refractivity contribution in [1.82, 2.24) is 24.8 Å². The Hall–Kier alpha value is -4.14. The van der Waals surface area contributed by atoms with Gasteiger partial charge in [0, 0.05) is 50.1 Å². The third-order valence-corrected chi connectivity index (χ3v) is 6.29. The van der Waals surface area contributed by atoms with Gasteiger partial charge in [-0.15, -0.1) is 0 Å². The fraction of sp³-hybridized carbons (Fsp3) is 0.259. The summed E-state index contributed by atoms with van der Waals surface area (Å²) in [6.07, 6.45) is 4.55.